The van der Waals surface area contributed by atoms with Crippen molar-refractivity contribution in [3.63, 3.8) is 0 Å². The van der Waals surface area contributed by atoms with E-state index in [0.29, 0.717) is 44.3 Å². The number of rotatable bonds is 5. The zero-order valence-electron chi connectivity index (χ0n) is 18.3. The van der Waals surface area contributed by atoms with Gasteiger partial charge in [0.2, 0.25) is 0 Å². The molecule has 9 heteroatoms. The molecule has 176 valence electrons. The first-order valence-corrected chi connectivity index (χ1v) is 11.5. The van der Waals surface area contributed by atoms with Gasteiger partial charge in [0.25, 0.3) is 0 Å². The first kappa shape index (κ1) is 22.6. The first-order valence-electron chi connectivity index (χ1n) is 11.5. The number of amides is 2. The van der Waals surface area contributed by atoms with Crippen LogP contribution in [0.25, 0.3) is 0 Å². The van der Waals surface area contributed by atoms with Gasteiger partial charge >= 0.3 is 12.2 Å². The molecule has 3 aliphatic heterocycles. The Kier molecular flexibility index (Phi) is 6.46. The second-order valence-electron chi connectivity index (χ2n) is 9.15. The van der Waals surface area contributed by atoms with Crippen molar-refractivity contribution in [3.8, 4) is 0 Å². The van der Waals surface area contributed by atoms with E-state index in [4.69, 9.17) is 4.74 Å². The minimum absolute atomic E-state index is 0.158. The van der Waals surface area contributed by atoms with Crippen molar-refractivity contribution in [2.24, 2.45) is 5.92 Å². The van der Waals surface area contributed by atoms with E-state index in [1.54, 1.807) is 4.90 Å². The Morgan fingerprint density at radius 1 is 1.28 bits per heavy atom. The summed E-state index contributed by atoms with van der Waals surface area (Å²) in [6, 6.07) is 8.22. The third-order valence-corrected chi connectivity index (χ3v) is 7.25. The van der Waals surface area contributed by atoms with Gasteiger partial charge in [0.15, 0.2) is 6.30 Å². The quantitative estimate of drug-likeness (QED) is 0.596. The van der Waals surface area contributed by atoms with E-state index < -0.39 is 42.1 Å². The molecule has 2 amide bonds. The number of alkyl carbamates (subject to hydrolysis) is 1. The number of carbonyl (C=O) groups is 2. The van der Waals surface area contributed by atoms with Gasteiger partial charge in [-0.25, -0.2) is 14.0 Å². The number of hydrogen-bond donors (Lipinski definition) is 3. The average Bonchev–Trinajstić information content (AvgIpc) is 3.01. The number of piperidine rings is 2. The molecule has 0 aliphatic carbocycles. The van der Waals surface area contributed by atoms with Crippen LogP contribution in [0.2, 0.25) is 0 Å². The lowest BCUT2D eigenvalue weighted by Gasteiger charge is -2.55. The number of ether oxygens (including phenoxy) is 1. The highest BCUT2D eigenvalue weighted by Crippen LogP contribution is 2.52. The Balaban J connectivity index is 1.71. The number of anilines is 1. The molecule has 2 bridgehead atoms. The minimum atomic E-state index is -1.53. The van der Waals surface area contributed by atoms with Crippen LogP contribution in [0.15, 0.2) is 30.3 Å². The lowest BCUT2D eigenvalue weighted by Crippen LogP contribution is -2.69. The monoisotopic (exact) mass is 449 g/mol. The molecule has 3 fully saturated rings. The summed E-state index contributed by atoms with van der Waals surface area (Å²) in [7, 11) is 0. The fourth-order valence-corrected chi connectivity index (χ4v) is 6.11. The third-order valence-electron chi connectivity index (χ3n) is 7.25. The molecule has 6 atom stereocenters. The second-order valence-corrected chi connectivity index (χ2v) is 9.15. The van der Waals surface area contributed by atoms with Crippen molar-refractivity contribution < 1.29 is 28.9 Å². The van der Waals surface area contributed by atoms with Crippen LogP contribution in [0.1, 0.15) is 45.4 Å². The number of fused-ring (bicyclic) bond motifs is 2. The van der Waals surface area contributed by atoms with E-state index in [-0.39, 0.29) is 19.1 Å². The minimum Gasteiger partial charge on any atom is -0.465 e. The highest BCUT2D eigenvalue weighted by molar-refractivity contribution is 5.69. The Morgan fingerprint density at radius 3 is 2.72 bits per heavy atom. The van der Waals surface area contributed by atoms with E-state index in [1.807, 2.05) is 37.3 Å². The SMILES string of the molecule is CCCOC(=O)NC1CCN(c2ccccc2)C(F)C1C12CCC(CC(O)C1)N2C(=O)O. The molecule has 3 aliphatic rings. The van der Waals surface area contributed by atoms with Crippen LogP contribution < -0.4 is 10.2 Å². The average molecular weight is 450 g/mol. The maximum Gasteiger partial charge on any atom is 0.408 e. The Morgan fingerprint density at radius 2 is 2.03 bits per heavy atom. The summed E-state index contributed by atoms with van der Waals surface area (Å²) in [5.74, 6) is -0.846. The number of para-hydroxylation sites is 1. The predicted molar refractivity (Wildman–Crippen MR) is 116 cm³/mol. The standard InChI is InChI=1S/C23H32FN3O5/c1-2-12-32-21(29)25-18-9-11-26(15-6-4-3-5-7-15)20(24)19(18)23-10-8-16(13-17(28)14-23)27(23)22(30)31/h3-7,16-20,28H,2,8-14H2,1H3,(H,25,29)(H,30,31). The van der Waals surface area contributed by atoms with Crippen LogP contribution in [-0.2, 0) is 4.74 Å². The smallest absolute Gasteiger partial charge is 0.408 e. The molecule has 3 heterocycles. The van der Waals surface area contributed by atoms with Crippen LogP contribution >= 0.6 is 0 Å². The normalized spacial score (nSPS) is 34.3. The molecule has 8 nitrogen and oxygen atoms in total. The first-order chi connectivity index (χ1) is 15.4. The number of hydrogen-bond acceptors (Lipinski definition) is 5. The summed E-state index contributed by atoms with van der Waals surface area (Å²) in [5, 5.41) is 23.4. The number of benzene rings is 1. The summed E-state index contributed by atoms with van der Waals surface area (Å²) >= 11 is 0. The highest BCUT2D eigenvalue weighted by Gasteiger charge is 2.62. The van der Waals surface area contributed by atoms with E-state index in [9.17, 15) is 19.8 Å². The Bertz CT molecular complexity index is 827. The summed E-state index contributed by atoms with van der Waals surface area (Å²) in [4.78, 5) is 27.7. The predicted octanol–water partition coefficient (Wildman–Crippen LogP) is 3.35. The van der Waals surface area contributed by atoms with Gasteiger partial charge in [-0.3, -0.25) is 4.90 Å². The van der Waals surface area contributed by atoms with E-state index >= 15 is 4.39 Å². The topological polar surface area (TPSA) is 102 Å². The molecule has 0 radical (unpaired) electrons. The fourth-order valence-electron chi connectivity index (χ4n) is 6.11. The van der Waals surface area contributed by atoms with Crippen LogP contribution in [0.4, 0.5) is 19.7 Å². The van der Waals surface area contributed by atoms with E-state index in [0.717, 1.165) is 0 Å². The van der Waals surface area contributed by atoms with Gasteiger partial charge in [-0.1, -0.05) is 25.1 Å². The molecule has 32 heavy (non-hydrogen) atoms. The van der Waals surface area contributed by atoms with Crippen LogP contribution in [0, 0.1) is 5.92 Å². The van der Waals surface area contributed by atoms with Crippen molar-refractivity contribution in [2.75, 3.05) is 18.1 Å². The molecular formula is C23H32FN3O5. The van der Waals surface area contributed by atoms with Crippen LogP contribution in [0.3, 0.4) is 0 Å². The Labute approximate surface area is 187 Å². The molecule has 1 aromatic rings. The summed E-state index contributed by atoms with van der Waals surface area (Å²) in [6.07, 6.45) is -1.30. The third kappa shape index (κ3) is 3.98. The molecule has 6 unspecified atom stereocenters. The lowest BCUT2D eigenvalue weighted by molar-refractivity contribution is -0.0701. The van der Waals surface area contributed by atoms with Crippen LogP contribution in [0.5, 0.6) is 0 Å². The number of aliphatic hydroxyl groups excluding tert-OH is 1. The zero-order chi connectivity index (χ0) is 22.9. The molecule has 0 saturated carbocycles. The van der Waals surface area contributed by atoms with Crippen molar-refractivity contribution in [1.82, 2.24) is 10.2 Å². The van der Waals surface area contributed by atoms with Crippen molar-refractivity contribution in [3.05, 3.63) is 30.3 Å². The molecular weight excluding hydrogens is 417 g/mol. The van der Waals surface area contributed by atoms with Gasteiger partial charge in [-0.2, -0.15) is 0 Å². The van der Waals surface area contributed by atoms with Gasteiger partial charge in [0.1, 0.15) is 0 Å². The van der Waals surface area contributed by atoms with E-state index in [2.05, 4.69) is 5.32 Å². The van der Waals surface area contributed by atoms with Gasteiger partial charge < -0.3 is 25.2 Å². The molecule has 3 saturated heterocycles. The van der Waals surface area contributed by atoms with Crippen LogP contribution in [-0.4, -0.2) is 70.5 Å². The number of carbonyl (C=O) groups excluding carboxylic acids is 1. The van der Waals surface area contributed by atoms with Crippen molar-refractivity contribution in [2.45, 2.75) is 75.5 Å². The molecule has 4 rings (SSSR count). The van der Waals surface area contributed by atoms with Crippen molar-refractivity contribution in [1.29, 1.82) is 0 Å². The molecule has 1 aromatic carbocycles. The molecule has 0 aromatic heterocycles. The second kappa shape index (κ2) is 9.13. The maximum absolute atomic E-state index is 16.4. The Hall–Kier alpha value is -2.55. The summed E-state index contributed by atoms with van der Waals surface area (Å²) in [6.45, 7) is 2.51. The molecule has 3 N–H and O–H groups in total. The molecule has 0 spiro atoms. The highest BCUT2D eigenvalue weighted by atomic mass is 19.1. The number of aliphatic hydroxyl groups is 1. The maximum atomic E-state index is 16.4. The van der Waals surface area contributed by atoms with Gasteiger partial charge in [0, 0.05) is 24.3 Å². The van der Waals surface area contributed by atoms with Gasteiger partial charge in [-0.15, -0.1) is 0 Å². The van der Waals surface area contributed by atoms with Crippen molar-refractivity contribution >= 4 is 17.9 Å². The van der Waals surface area contributed by atoms with E-state index in [1.165, 1.54) is 4.90 Å². The number of carboxylic acid groups (broad SMARTS) is 1. The van der Waals surface area contributed by atoms with Gasteiger partial charge in [-0.05, 0) is 50.7 Å². The largest absolute Gasteiger partial charge is 0.465 e. The fraction of sp³-hybridized carbons (Fsp3) is 0.652. The summed E-state index contributed by atoms with van der Waals surface area (Å²) in [5.41, 5.74) is -0.384. The number of halogens is 1. The number of alkyl halides is 1. The number of nitrogens with zero attached hydrogens (tertiary/aromatic N) is 2. The zero-order valence-corrected chi connectivity index (χ0v) is 18.3. The van der Waals surface area contributed by atoms with Gasteiger partial charge in [0.05, 0.1) is 24.2 Å². The number of nitrogens with one attached hydrogen (secondary N) is 1. The summed E-state index contributed by atoms with van der Waals surface area (Å²) < 4.78 is 21.6. The lowest BCUT2D eigenvalue weighted by atomic mass is 9.69.